The fourth-order valence-electron chi connectivity index (χ4n) is 4.24. The number of hydrogen-bond acceptors (Lipinski definition) is 8. The number of hydrogen-bond donors (Lipinski definition) is 1. The minimum Gasteiger partial charge on any atom is -0.467 e. The first kappa shape index (κ1) is 22.6. The van der Waals surface area contributed by atoms with Gasteiger partial charge in [0.25, 0.3) is 0 Å². The van der Waals surface area contributed by atoms with E-state index in [9.17, 15) is 9.59 Å². The van der Waals surface area contributed by atoms with E-state index in [4.69, 9.17) is 9.47 Å². The summed E-state index contributed by atoms with van der Waals surface area (Å²) in [4.78, 5) is 33.5. The molecule has 174 valence electrons. The molecule has 0 fully saturated rings. The van der Waals surface area contributed by atoms with Gasteiger partial charge >= 0.3 is 12.1 Å². The molecule has 2 aromatic carbocycles. The highest BCUT2D eigenvalue weighted by molar-refractivity contribution is 8.14. The summed E-state index contributed by atoms with van der Waals surface area (Å²) in [7, 11) is 1.36. The number of esters is 1. The predicted molar refractivity (Wildman–Crippen MR) is 133 cm³/mol. The molecule has 0 unspecified atom stereocenters. The normalized spacial score (nSPS) is 18.7. The number of nitrogens with one attached hydrogen (secondary N) is 1. The summed E-state index contributed by atoms with van der Waals surface area (Å²) >= 11 is 2.90. The number of methoxy groups -OCH3 is 1. The van der Waals surface area contributed by atoms with Crippen molar-refractivity contribution in [2.45, 2.75) is 24.9 Å². The van der Waals surface area contributed by atoms with E-state index in [1.54, 1.807) is 6.92 Å². The second-order valence-corrected chi connectivity index (χ2v) is 10.2. The molecule has 0 spiro atoms. The number of alkyl carbamates (subject to hydrolysis) is 1. The van der Waals surface area contributed by atoms with Gasteiger partial charge in [-0.25, -0.2) is 14.6 Å². The van der Waals surface area contributed by atoms with Crippen LogP contribution in [0.2, 0.25) is 0 Å². The van der Waals surface area contributed by atoms with Crippen LogP contribution in [0.1, 0.15) is 34.7 Å². The highest BCUT2D eigenvalue weighted by Crippen LogP contribution is 2.44. The Balaban J connectivity index is 1.18. The van der Waals surface area contributed by atoms with E-state index in [0.717, 1.165) is 5.01 Å². The maximum Gasteiger partial charge on any atom is 0.407 e. The van der Waals surface area contributed by atoms with Crippen molar-refractivity contribution in [3.8, 4) is 11.1 Å². The van der Waals surface area contributed by atoms with Crippen molar-refractivity contribution in [3.05, 3.63) is 75.7 Å². The lowest BCUT2D eigenvalue weighted by Crippen LogP contribution is -2.34. The first-order valence-electron chi connectivity index (χ1n) is 10.8. The number of rotatable bonds is 6. The fraction of sp³-hybridized carbons (Fsp3) is 0.280. The molecule has 1 N–H and O–H groups in total. The van der Waals surface area contributed by atoms with E-state index in [1.807, 2.05) is 29.6 Å². The van der Waals surface area contributed by atoms with Gasteiger partial charge in [-0.05, 0) is 29.2 Å². The van der Waals surface area contributed by atoms with Gasteiger partial charge in [0, 0.05) is 17.1 Å². The number of nitrogens with zero attached hydrogens (tertiary/aromatic N) is 2. The molecular weight excluding hydrogens is 470 g/mol. The van der Waals surface area contributed by atoms with E-state index in [2.05, 4.69) is 39.6 Å². The number of benzene rings is 2. The SMILES string of the molecule is COC(=O)[C@]1(C)CSC(c2csc(CNC(=O)OCC3c4ccccc4-c4ccccc43)n2)=N1. The van der Waals surface area contributed by atoms with E-state index in [0.29, 0.717) is 16.5 Å². The molecule has 2 heterocycles. The summed E-state index contributed by atoms with van der Waals surface area (Å²) in [6, 6.07) is 16.5. The molecule has 1 amide bonds. The number of aliphatic imine (C=N–C) groups is 1. The second-order valence-electron chi connectivity index (χ2n) is 8.28. The summed E-state index contributed by atoms with van der Waals surface area (Å²) in [6.07, 6.45) is -0.482. The highest BCUT2D eigenvalue weighted by atomic mass is 32.2. The van der Waals surface area contributed by atoms with E-state index >= 15 is 0 Å². The lowest BCUT2D eigenvalue weighted by atomic mass is 9.98. The largest absolute Gasteiger partial charge is 0.467 e. The molecule has 0 radical (unpaired) electrons. The zero-order chi connectivity index (χ0) is 23.7. The quantitative estimate of drug-likeness (QED) is 0.505. The minimum absolute atomic E-state index is 0.0196. The van der Waals surface area contributed by atoms with Crippen LogP contribution in [-0.2, 0) is 20.8 Å². The van der Waals surface area contributed by atoms with Crippen LogP contribution in [0.4, 0.5) is 4.79 Å². The van der Waals surface area contributed by atoms with Gasteiger partial charge in [0.1, 0.15) is 22.4 Å². The minimum atomic E-state index is -0.891. The van der Waals surface area contributed by atoms with Gasteiger partial charge in [0.2, 0.25) is 0 Å². The topological polar surface area (TPSA) is 89.9 Å². The van der Waals surface area contributed by atoms with E-state index in [-0.39, 0.29) is 25.0 Å². The number of thioether (sulfide) groups is 1. The van der Waals surface area contributed by atoms with Crippen LogP contribution in [0.3, 0.4) is 0 Å². The Morgan fingerprint density at radius 2 is 1.79 bits per heavy atom. The number of carbonyl (C=O) groups excluding carboxylic acids is 2. The van der Waals surface area contributed by atoms with Gasteiger partial charge in [-0.3, -0.25) is 4.99 Å². The Labute approximate surface area is 205 Å². The maximum atomic E-state index is 12.4. The zero-order valence-electron chi connectivity index (χ0n) is 18.7. The molecule has 2 aliphatic rings. The Morgan fingerprint density at radius 1 is 1.12 bits per heavy atom. The van der Waals surface area contributed by atoms with Crippen LogP contribution >= 0.6 is 23.1 Å². The number of thiazole rings is 1. The van der Waals surface area contributed by atoms with Crippen LogP contribution < -0.4 is 5.32 Å². The Hall–Kier alpha value is -3.17. The standard InChI is InChI=1S/C25H23N3O4S2/c1-25(23(29)31-2)14-34-22(28-25)20-13-33-21(27-20)11-26-24(30)32-12-19-17-9-5-3-7-15(17)16-8-4-6-10-18(16)19/h3-10,13,19H,11-12,14H2,1-2H3,(H,26,30)/t25-/m0/s1. The fourth-order valence-corrected chi connectivity index (χ4v) is 6.15. The van der Waals surface area contributed by atoms with E-state index in [1.165, 1.54) is 52.5 Å². The number of carbonyl (C=O) groups is 2. The lowest BCUT2D eigenvalue weighted by molar-refractivity contribution is -0.145. The van der Waals surface area contributed by atoms with Gasteiger partial charge in [0.05, 0.1) is 13.7 Å². The van der Waals surface area contributed by atoms with Crippen LogP contribution in [-0.4, -0.2) is 47.1 Å². The van der Waals surface area contributed by atoms with Gasteiger partial charge in [-0.2, -0.15) is 0 Å². The van der Waals surface area contributed by atoms with Crippen molar-refractivity contribution in [2.24, 2.45) is 4.99 Å². The molecule has 34 heavy (non-hydrogen) atoms. The number of aromatic nitrogens is 1. The number of amides is 1. The Morgan fingerprint density at radius 3 is 2.47 bits per heavy atom. The third-order valence-electron chi connectivity index (χ3n) is 5.96. The first-order valence-corrected chi connectivity index (χ1v) is 12.7. The summed E-state index contributed by atoms with van der Waals surface area (Å²) < 4.78 is 10.4. The molecule has 1 aromatic heterocycles. The van der Waals surface area contributed by atoms with Crippen molar-refractivity contribution in [3.63, 3.8) is 0 Å². The third kappa shape index (κ3) is 4.21. The van der Waals surface area contributed by atoms with Crippen molar-refractivity contribution < 1.29 is 19.1 Å². The molecule has 0 bridgehead atoms. The maximum absolute atomic E-state index is 12.4. The molecule has 1 aliphatic heterocycles. The first-order chi connectivity index (χ1) is 16.5. The van der Waals surface area contributed by atoms with Crippen molar-refractivity contribution in [1.29, 1.82) is 0 Å². The van der Waals surface area contributed by atoms with Crippen LogP contribution in [0, 0.1) is 0 Å². The average Bonchev–Trinajstić information content (AvgIpc) is 3.57. The number of ether oxygens (including phenoxy) is 2. The molecule has 5 rings (SSSR count). The second kappa shape index (κ2) is 9.23. The van der Waals surface area contributed by atoms with Gasteiger partial charge in [-0.15, -0.1) is 23.1 Å². The molecule has 0 saturated carbocycles. The average molecular weight is 494 g/mol. The molecule has 9 heteroatoms. The smallest absolute Gasteiger partial charge is 0.407 e. The van der Waals surface area contributed by atoms with Crippen LogP contribution in [0.15, 0.2) is 58.9 Å². The van der Waals surface area contributed by atoms with Gasteiger partial charge in [-0.1, -0.05) is 48.5 Å². The summed E-state index contributed by atoms with van der Waals surface area (Å²) in [6.45, 7) is 2.28. The summed E-state index contributed by atoms with van der Waals surface area (Å²) in [5.74, 6) is 0.174. The predicted octanol–water partition coefficient (Wildman–Crippen LogP) is 4.61. The monoisotopic (exact) mass is 493 g/mol. The highest BCUT2D eigenvalue weighted by Gasteiger charge is 2.40. The lowest BCUT2D eigenvalue weighted by Gasteiger charge is -2.15. The number of fused-ring (bicyclic) bond motifs is 3. The Kier molecular flexibility index (Phi) is 6.14. The van der Waals surface area contributed by atoms with Crippen molar-refractivity contribution in [1.82, 2.24) is 10.3 Å². The van der Waals surface area contributed by atoms with Gasteiger partial charge in [0.15, 0.2) is 5.54 Å². The molecule has 3 aromatic rings. The Bertz CT molecular complexity index is 1240. The summed E-state index contributed by atoms with van der Waals surface area (Å²) in [5.41, 5.74) is 4.55. The zero-order valence-corrected chi connectivity index (χ0v) is 20.4. The van der Waals surface area contributed by atoms with Crippen LogP contribution in [0.5, 0.6) is 0 Å². The summed E-state index contributed by atoms with van der Waals surface area (Å²) in [5, 5.41) is 6.10. The van der Waals surface area contributed by atoms with Crippen molar-refractivity contribution in [2.75, 3.05) is 19.5 Å². The molecular formula is C25H23N3O4S2. The van der Waals surface area contributed by atoms with Gasteiger partial charge < -0.3 is 14.8 Å². The molecule has 1 atom stereocenters. The van der Waals surface area contributed by atoms with Crippen LogP contribution in [0.25, 0.3) is 11.1 Å². The third-order valence-corrected chi connectivity index (χ3v) is 8.09. The molecule has 1 aliphatic carbocycles. The molecule has 0 saturated heterocycles. The molecule has 7 nitrogen and oxygen atoms in total. The van der Waals surface area contributed by atoms with E-state index < -0.39 is 11.6 Å². The van der Waals surface area contributed by atoms with Crippen molar-refractivity contribution >= 4 is 40.2 Å².